The van der Waals surface area contributed by atoms with Crippen molar-refractivity contribution in [2.45, 2.75) is 6.54 Å². The van der Waals surface area contributed by atoms with Crippen molar-refractivity contribution in [3.63, 3.8) is 0 Å². The van der Waals surface area contributed by atoms with Gasteiger partial charge in [-0.15, -0.1) is 0 Å². The van der Waals surface area contributed by atoms with Gasteiger partial charge in [-0.2, -0.15) is 0 Å². The Hall–Kier alpha value is -2.43. The monoisotopic (exact) mass is 276 g/mol. The van der Waals surface area contributed by atoms with Crippen LogP contribution in [0.1, 0.15) is 15.9 Å². The normalized spacial score (nSPS) is 10.3. The highest BCUT2D eigenvalue weighted by Gasteiger charge is 2.18. The van der Waals surface area contributed by atoms with Crippen LogP contribution < -0.4 is 5.73 Å². The SMILES string of the molecule is CN(Cc1ccc(N)cc1)C(=O)c1cccc(F)c1F. The fourth-order valence-corrected chi connectivity index (χ4v) is 1.84. The summed E-state index contributed by atoms with van der Waals surface area (Å²) in [5.41, 5.74) is 6.78. The topological polar surface area (TPSA) is 46.3 Å². The Kier molecular flexibility index (Phi) is 3.98. The average Bonchev–Trinajstić information content (AvgIpc) is 2.43. The molecule has 0 aliphatic heterocycles. The molecule has 0 atom stereocenters. The van der Waals surface area contributed by atoms with Crippen molar-refractivity contribution in [3.8, 4) is 0 Å². The van der Waals surface area contributed by atoms with Crippen LogP contribution in [-0.2, 0) is 6.54 Å². The van der Waals surface area contributed by atoms with E-state index in [-0.39, 0.29) is 12.1 Å². The van der Waals surface area contributed by atoms with Gasteiger partial charge in [0, 0.05) is 19.3 Å². The standard InChI is InChI=1S/C15H14F2N2O/c1-19(9-10-5-7-11(18)8-6-10)15(20)12-3-2-4-13(16)14(12)17/h2-8H,9,18H2,1H3. The summed E-state index contributed by atoms with van der Waals surface area (Å²) in [6, 6.07) is 10.5. The number of nitrogens with zero attached hydrogens (tertiary/aromatic N) is 1. The van der Waals surface area contributed by atoms with E-state index in [1.165, 1.54) is 24.1 Å². The maximum absolute atomic E-state index is 13.6. The molecule has 0 unspecified atom stereocenters. The molecule has 0 aliphatic carbocycles. The van der Waals surface area contributed by atoms with E-state index in [0.29, 0.717) is 5.69 Å². The molecular weight excluding hydrogens is 262 g/mol. The molecule has 0 bridgehead atoms. The highest BCUT2D eigenvalue weighted by molar-refractivity contribution is 5.94. The molecule has 0 radical (unpaired) electrons. The van der Waals surface area contributed by atoms with Gasteiger partial charge >= 0.3 is 0 Å². The van der Waals surface area contributed by atoms with Gasteiger partial charge in [0.25, 0.3) is 5.91 Å². The van der Waals surface area contributed by atoms with Gasteiger partial charge < -0.3 is 10.6 Å². The Morgan fingerprint density at radius 3 is 2.45 bits per heavy atom. The first-order valence-corrected chi connectivity index (χ1v) is 6.03. The molecule has 20 heavy (non-hydrogen) atoms. The number of anilines is 1. The van der Waals surface area contributed by atoms with Gasteiger partial charge in [-0.1, -0.05) is 18.2 Å². The van der Waals surface area contributed by atoms with E-state index >= 15 is 0 Å². The van der Waals surface area contributed by atoms with E-state index in [0.717, 1.165) is 11.6 Å². The van der Waals surface area contributed by atoms with Crippen LogP contribution in [0.4, 0.5) is 14.5 Å². The summed E-state index contributed by atoms with van der Waals surface area (Å²) in [5.74, 6) is -2.72. The largest absolute Gasteiger partial charge is 0.399 e. The van der Waals surface area contributed by atoms with Crippen LogP contribution in [-0.4, -0.2) is 17.9 Å². The van der Waals surface area contributed by atoms with Crippen LogP contribution in [0.15, 0.2) is 42.5 Å². The Balaban J connectivity index is 2.16. The minimum absolute atomic E-state index is 0.275. The molecule has 104 valence electrons. The van der Waals surface area contributed by atoms with Crippen LogP contribution in [0.2, 0.25) is 0 Å². The van der Waals surface area contributed by atoms with Crippen LogP contribution in [0, 0.1) is 11.6 Å². The van der Waals surface area contributed by atoms with Gasteiger partial charge in [-0.05, 0) is 29.8 Å². The van der Waals surface area contributed by atoms with Gasteiger partial charge in [0.1, 0.15) is 0 Å². The molecule has 2 aromatic carbocycles. The summed E-state index contributed by atoms with van der Waals surface area (Å²) in [7, 11) is 1.53. The van der Waals surface area contributed by atoms with Crippen molar-refractivity contribution in [2.75, 3.05) is 12.8 Å². The van der Waals surface area contributed by atoms with E-state index in [4.69, 9.17) is 5.73 Å². The smallest absolute Gasteiger partial charge is 0.256 e. The lowest BCUT2D eigenvalue weighted by Crippen LogP contribution is -2.27. The number of carbonyl (C=O) groups excluding carboxylic acids is 1. The molecule has 0 saturated carbocycles. The zero-order valence-corrected chi connectivity index (χ0v) is 10.9. The average molecular weight is 276 g/mol. The molecule has 2 rings (SSSR count). The summed E-state index contributed by atoms with van der Waals surface area (Å²) in [4.78, 5) is 13.4. The van der Waals surface area contributed by atoms with Crippen molar-refractivity contribution < 1.29 is 13.6 Å². The molecule has 0 heterocycles. The maximum atomic E-state index is 13.6. The van der Waals surface area contributed by atoms with E-state index in [1.807, 2.05) is 0 Å². The van der Waals surface area contributed by atoms with Crippen LogP contribution in [0.3, 0.4) is 0 Å². The molecule has 3 nitrogen and oxygen atoms in total. The number of hydrogen-bond acceptors (Lipinski definition) is 2. The van der Waals surface area contributed by atoms with Crippen molar-refractivity contribution in [2.24, 2.45) is 0 Å². The lowest BCUT2D eigenvalue weighted by molar-refractivity contribution is 0.0779. The van der Waals surface area contributed by atoms with Gasteiger partial charge in [-0.3, -0.25) is 4.79 Å². The molecule has 2 N–H and O–H groups in total. The highest BCUT2D eigenvalue weighted by atomic mass is 19.2. The highest BCUT2D eigenvalue weighted by Crippen LogP contribution is 2.15. The Morgan fingerprint density at radius 2 is 1.80 bits per heavy atom. The third kappa shape index (κ3) is 2.93. The van der Waals surface area contributed by atoms with Gasteiger partial charge in [0.2, 0.25) is 0 Å². The molecule has 0 saturated heterocycles. The molecule has 0 fully saturated rings. The van der Waals surface area contributed by atoms with E-state index < -0.39 is 17.5 Å². The first-order chi connectivity index (χ1) is 9.49. The third-order valence-electron chi connectivity index (χ3n) is 2.93. The predicted molar refractivity (Wildman–Crippen MR) is 73.0 cm³/mol. The molecule has 5 heteroatoms. The predicted octanol–water partition coefficient (Wildman–Crippen LogP) is 2.82. The second kappa shape index (κ2) is 5.69. The first kappa shape index (κ1) is 14.0. The Morgan fingerprint density at radius 1 is 1.15 bits per heavy atom. The number of benzene rings is 2. The van der Waals surface area contributed by atoms with Gasteiger partial charge in [0.05, 0.1) is 5.56 Å². The van der Waals surface area contributed by atoms with Crippen LogP contribution in [0.25, 0.3) is 0 Å². The molecular formula is C15H14F2N2O. The summed E-state index contributed by atoms with van der Waals surface area (Å²) >= 11 is 0. The van der Waals surface area contributed by atoms with Crippen molar-refractivity contribution in [3.05, 3.63) is 65.2 Å². The summed E-state index contributed by atoms with van der Waals surface area (Å²) in [5, 5.41) is 0. The number of carbonyl (C=O) groups is 1. The first-order valence-electron chi connectivity index (χ1n) is 6.03. The zero-order chi connectivity index (χ0) is 14.7. The Labute approximate surface area is 115 Å². The third-order valence-corrected chi connectivity index (χ3v) is 2.93. The number of halogens is 2. The van der Waals surface area contributed by atoms with E-state index in [2.05, 4.69) is 0 Å². The van der Waals surface area contributed by atoms with Crippen LogP contribution >= 0.6 is 0 Å². The lowest BCUT2D eigenvalue weighted by atomic mass is 10.1. The molecule has 0 spiro atoms. The summed E-state index contributed by atoms with van der Waals surface area (Å²) in [6.07, 6.45) is 0. The zero-order valence-electron chi connectivity index (χ0n) is 10.9. The van der Waals surface area contributed by atoms with Crippen molar-refractivity contribution in [1.82, 2.24) is 4.90 Å². The number of amides is 1. The lowest BCUT2D eigenvalue weighted by Gasteiger charge is -2.18. The Bertz CT molecular complexity index is 626. The number of hydrogen-bond donors (Lipinski definition) is 1. The minimum atomic E-state index is -1.12. The summed E-state index contributed by atoms with van der Waals surface area (Å²) in [6.45, 7) is 0.287. The number of nitrogens with two attached hydrogens (primary N) is 1. The number of rotatable bonds is 3. The minimum Gasteiger partial charge on any atom is -0.399 e. The van der Waals surface area contributed by atoms with Crippen molar-refractivity contribution >= 4 is 11.6 Å². The molecule has 0 aliphatic rings. The second-order valence-electron chi connectivity index (χ2n) is 4.50. The molecule has 1 amide bonds. The fourth-order valence-electron chi connectivity index (χ4n) is 1.84. The maximum Gasteiger partial charge on any atom is 0.256 e. The quantitative estimate of drug-likeness (QED) is 0.876. The van der Waals surface area contributed by atoms with E-state index in [1.54, 1.807) is 24.3 Å². The van der Waals surface area contributed by atoms with E-state index in [9.17, 15) is 13.6 Å². The number of nitrogen functional groups attached to an aromatic ring is 1. The van der Waals surface area contributed by atoms with Crippen molar-refractivity contribution in [1.29, 1.82) is 0 Å². The fraction of sp³-hybridized carbons (Fsp3) is 0.133. The molecule has 0 aromatic heterocycles. The molecule has 2 aromatic rings. The van der Waals surface area contributed by atoms with Gasteiger partial charge in [-0.25, -0.2) is 8.78 Å². The van der Waals surface area contributed by atoms with Gasteiger partial charge in [0.15, 0.2) is 11.6 Å². The summed E-state index contributed by atoms with van der Waals surface area (Å²) < 4.78 is 26.7. The second-order valence-corrected chi connectivity index (χ2v) is 4.50. The van der Waals surface area contributed by atoms with Crippen LogP contribution in [0.5, 0.6) is 0 Å².